The number of rotatable bonds is 5. The lowest BCUT2D eigenvalue weighted by Gasteiger charge is -2.22. The van der Waals surface area contributed by atoms with Gasteiger partial charge in [-0.15, -0.1) is 0 Å². The van der Waals surface area contributed by atoms with E-state index in [1.54, 1.807) is 23.4 Å². The van der Waals surface area contributed by atoms with Crippen LogP contribution in [0.5, 0.6) is 0 Å². The molecule has 0 atom stereocenters. The Morgan fingerprint density at radius 2 is 2.00 bits per heavy atom. The molecular formula is C15H18N2O2S. The summed E-state index contributed by atoms with van der Waals surface area (Å²) < 4.78 is 27.4. The number of aryl methyl sites for hydroxylation is 1. The van der Waals surface area contributed by atoms with Crippen molar-refractivity contribution < 1.29 is 8.42 Å². The zero-order valence-corrected chi connectivity index (χ0v) is 12.4. The highest BCUT2D eigenvalue weighted by molar-refractivity contribution is 7.89. The van der Waals surface area contributed by atoms with E-state index in [-0.39, 0.29) is 6.04 Å². The second-order valence-corrected chi connectivity index (χ2v) is 7.70. The van der Waals surface area contributed by atoms with E-state index in [2.05, 4.69) is 0 Å². The molecule has 1 aromatic carbocycles. The van der Waals surface area contributed by atoms with Crippen molar-refractivity contribution in [2.24, 2.45) is 5.92 Å². The average molecular weight is 290 g/mol. The third kappa shape index (κ3) is 2.58. The van der Waals surface area contributed by atoms with Gasteiger partial charge in [0.05, 0.1) is 16.5 Å². The van der Waals surface area contributed by atoms with Crippen molar-refractivity contribution in [3.63, 3.8) is 0 Å². The molecule has 20 heavy (non-hydrogen) atoms. The molecule has 0 N–H and O–H groups in total. The Hall–Kier alpha value is -1.38. The Labute approximate surface area is 120 Å². The fourth-order valence-corrected chi connectivity index (χ4v) is 4.45. The van der Waals surface area contributed by atoms with Crippen LogP contribution in [-0.2, 0) is 10.0 Å². The first-order valence-corrected chi connectivity index (χ1v) is 8.49. The van der Waals surface area contributed by atoms with Gasteiger partial charge in [-0.1, -0.05) is 6.07 Å². The van der Waals surface area contributed by atoms with E-state index in [0.717, 1.165) is 25.7 Å². The lowest BCUT2D eigenvalue weighted by molar-refractivity contribution is 0.388. The number of nitrogens with zero attached hydrogens (tertiary/aromatic N) is 2. The van der Waals surface area contributed by atoms with Crippen LogP contribution in [0.15, 0.2) is 23.1 Å². The number of hydrogen-bond acceptors (Lipinski definition) is 3. The van der Waals surface area contributed by atoms with E-state index in [1.807, 2.05) is 6.07 Å². The quantitative estimate of drug-likeness (QED) is 0.836. The Bertz CT molecular complexity index is 668. The molecule has 4 nitrogen and oxygen atoms in total. The van der Waals surface area contributed by atoms with Crippen molar-refractivity contribution in [3.8, 4) is 6.07 Å². The zero-order chi connectivity index (χ0) is 14.3. The topological polar surface area (TPSA) is 61.2 Å². The van der Waals surface area contributed by atoms with Crippen molar-refractivity contribution in [1.29, 1.82) is 5.26 Å². The molecule has 0 heterocycles. The van der Waals surface area contributed by atoms with Crippen LogP contribution in [0.2, 0.25) is 0 Å². The Kier molecular flexibility index (Phi) is 3.31. The van der Waals surface area contributed by atoms with Gasteiger partial charge in [0.15, 0.2) is 0 Å². The first kappa shape index (κ1) is 13.6. The molecule has 1 aromatic rings. The Balaban J connectivity index is 1.98. The second-order valence-electron chi connectivity index (χ2n) is 5.84. The van der Waals surface area contributed by atoms with Gasteiger partial charge in [0.1, 0.15) is 0 Å². The monoisotopic (exact) mass is 290 g/mol. The summed E-state index contributed by atoms with van der Waals surface area (Å²) in [5.74, 6) is 0.532. The van der Waals surface area contributed by atoms with Gasteiger partial charge in [-0.3, -0.25) is 0 Å². The first-order chi connectivity index (χ1) is 9.52. The van der Waals surface area contributed by atoms with Crippen LogP contribution in [-0.4, -0.2) is 25.3 Å². The fourth-order valence-electron chi connectivity index (χ4n) is 2.43. The van der Waals surface area contributed by atoms with Crippen LogP contribution in [0.25, 0.3) is 0 Å². The van der Waals surface area contributed by atoms with Gasteiger partial charge >= 0.3 is 0 Å². The molecule has 0 radical (unpaired) electrons. The van der Waals surface area contributed by atoms with Crippen LogP contribution in [0.3, 0.4) is 0 Å². The van der Waals surface area contributed by atoms with E-state index in [4.69, 9.17) is 5.26 Å². The maximum Gasteiger partial charge on any atom is 0.243 e. The fraction of sp³-hybridized carbons (Fsp3) is 0.533. The van der Waals surface area contributed by atoms with E-state index < -0.39 is 10.0 Å². The summed E-state index contributed by atoms with van der Waals surface area (Å²) in [5.41, 5.74) is 1.11. The average Bonchev–Trinajstić information content (AvgIpc) is 3.28. The van der Waals surface area contributed by atoms with Crippen LogP contribution >= 0.6 is 0 Å². The molecule has 0 spiro atoms. The molecule has 2 saturated carbocycles. The standard InChI is InChI=1S/C15H18N2O2S/c1-11-2-3-13(9-16)8-15(11)20(18,19)17(14-6-7-14)10-12-4-5-12/h2-3,8,12,14H,4-7,10H2,1H3. The van der Waals surface area contributed by atoms with Crippen molar-refractivity contribution in [3.05, 3.63) is 29.3 Å². The van der Waals surface area contributed by atoms with Gasteiger partial charge in [0.2, 0.25) is 10.0 Å². The minimum absolute atomic E-state index is 0.172. The lowest BCUT2D eigenvalue weighted by Crippen LogP contribution is -2.35. The SMILES string of the molecule is Cc1ccc(C#N)cc1S(=O)(=O)N(CC1CC1)C1CC1. The molecule has 2 aliphatic rings. The minimum Gasteiger partial charge on any atom is -0.207 e. The number of nitriles is 1. The molecule has 106 valence electrons. The Morgan fingerprint density at radius 1 is 1.30 bits per heavy atom. The molecule has 0 amide bonds. The maximum atomic E-state index is 12.9. The molecule has 2 aliphatic carbocycles. The van der Waals surface area contributed by atoms with Crippen LogP contribution in [0.1, 0.15) is 36.8 Å². The highest BCUT2D eigenvalue weighted by Gasteiger charge is 2.41. The first-order valence-electron chi connectivity index (χ1n) is 7.05. The predicted octanol–water partition coefficient (Wildman–Crippen LogP) is 2.43. The summed E-state index contributed by atoms with van der Waals surface area (Å²) in [4.78, 5) is 0.295. The number of sulfonamides is 1. The molecule has 2 fully saturated rings. The van der Waals surface area contributed by atoms with Gasteiger partial charge in [-0.2, -0.15) is 9.57 Å². The third-order valence-corrected chi connectivity index (χ3v) is 6.05. The van der Waals surface area contributed by atoms with E-state index in [9.17, 15) is 8.42 Å². The Morgan fingerprint density at radius 3 is 2.55 bits per heavy atom. The van der Waals surface area contributed by atoms with Gasteiger partial charge in [-0.05, 0) is 56.2 Å². The summed E-state index contributed by atoms with van der Waals surface area (Å²) in [5, 5.41) is 8.98. The second kappa shape index (κ2) is 4.87. The highest BCUT2D eigenvalue weighted by atomic mass is 32.2. The normalized spacial score (nSPS) is 19.1. The smallest absolute Gasteiger partial charge is 0.207 e. The lowest BCUT2D eigenvalue weighted by atomic mass is 10.2. The highest BCUT2D eigenvalue weighted by Crippen LogP contribution is 2.38. The van der Waals surface area contributed by atoms with Crippen molar-refractivity contribution in [2.45, 2.75) is 43.5 Å². The summed E-state index contributed by atoms with van der Waals surface area (Å²) in [6.45, 7) is 2.43. The van der Waals surface area contributed by atoms with Crippen molar-refractivity contribution in [1.82, 2.24) is 4.31 Å². The molecule has 0 bridgehead atoms. The van der Waals surface area contributed by atoms with E-state index >= 15 is 0 Å². The van der Waals surface area contributed by atoms with Gasteiger partial charge < -0.3 is 0 Å². The molecular weight excluding hydrogens is 272 g/mol. The van der Waals surface area contributed by atoms with Gasteiger partial charge in [-0.25, -0.2) is 8.42 Å². The molecule has 0 aromatic heterocycles. The largest absolute Gasteiger partial charge is 0.243 e. The van der Waals surface area contributed by atoms with Gasteiger partial charge in [0, 0.05) is 12.6 Å². The molecule has 0 saturated heterocycles. The van der Waals surface area contributed by atoms with Crippen molar-refractivity contribution in [2.75, 3.05) is 6.54 Å². The minimum atomic E-state index is -3.47. The third-order valence-electron chi connectivity index (χ3n) is 3.99. The van der Waals surface area contributed by atoms with Crippen molar-refractivity contribution >= 4 is 10.0 Å². The predicted molar refractivity (Wildman–Crippen MR) is 75.5 cm³/mol. The zero-order valence-electron chi connectivity index (χ0n) is 11.5. The molecule has 5 heteroatoms. The van der Waals surface area contributed by atoms with E-state index in [1.165, 1.54) is 6.07 Å². The summed E-state index contributed by atoms with van der Waals surface area (Å²) in [6, 6.07) is 7.08. The number of hydrogen-bond donors (Lipinski definition) is 0. The maximum absolute atomic E-state index is 12.9. The van der Waals surface area contributed by atoms with Gasteiger partial charge in [0.25, 0.3) is 0 Å². The summed E-state index contributed by atoms with van der Waals surface area (Å²) >= 11 is 0. The van der Waals surface area contributed by atoms with Crippen LogP contribution in [0.4, 0.5) is 0 Å². The molecule has 0 unspecified atom stereocenters. The number of benzene rings is 1. The van der Waals surface area contributed by atoms with E-state index in [0.29, 0.717) is 28.5 Å². The molecule has 3 rings (SSSR count). The van der Waals surface area contributed by atoms with Crippen LogP contribution in [0, 0.1) is 24.2 Å². The summed E-state index contributed by atoms with van der Waals surface area (Å²) in [6.07, 6.45) is 4.19. The molecule has 0 aliphatic heterocycles. The summed E-state index contributed by atoms with van der Waals surface area (Å²) in [7, 11) is -3.47. The van der Waals surface area contributed by atoms with Crippen LogP contribution < -0.4 is 0 Å².